The van der Waals surface area contributed by atoms with Gasteiger partial charge in [-0.25, -0.2) is 4.79 Å². The third kappa shape index (κ3) is 6.68. The molecule has 14 heteroatoms. The highest BCUT2D eigenvalue weighted by molar-refractivity contribution is 5.72. The highest BCUT2D eigenvalue weighted by Gasteiger charge is 2.44. The van der Waals surface area contributed by atoms with E-state index < -0.39 is 65.6 Å². The van der Waals surface area contributed by atoms with Gasteiger partial charge in [-0.3, -0.25) is 4.90 Å². The van der Waals surface area contributed by atoms with E-state index in [1.807, 2.05) is 11.8 Å². The minimum atomic E-state index is -5.11. The lowest BCUT2D eigenvalue weighted by atomic mass is 9.97. The molecule has 2 saturated heterocycles. The van der Waals surface area contributed by atoms with Crippen molar-refractivity contribution in [2.75, 3.05) is 24.7 Å². The van der Waals surface area contributed by atoms with E-state index >= 15 is 0 Å². The first kappa shape index (κ1) is 30.8. The summed E-state index contributed by atoms with van der Waals surface area (Å²) in [6, 6.07) is 2.90. The van der Waals surface area contributed by atoms with Gasteiger partial charge >= 0.3 is 24.6 Å². The zero-order valence-corrected chi connectivity index (χ0v) is 22.0. The van der Waals surface area contributed by atoms with Crippen LogP contribution >= 0.6 is 0 Å². The second kappa shape index (κ2) is 11.3. The van der Waals surface area contributed by atoms with Gasteiger partial charge in [-0.15, -0.1) is 0 Å². The molecule has 0 radical (unpaired) electrons. The molecule has 41 heavy (non-hydrogen) atoms. The Kier molecular flexibility index (Phi) is 8.45. The smallest absolute Gasteiger partial charge is 0.416 e. The van der Waals surface area contributed by atoms with Crippen molar-refractivity contribution in [3.05, 3.63) is 64.2 Å². The van der Waals surface area contributed by atoms with Crippen molar-refractivity contribution >= 4 is 11.8 Å². The van der Waals surface area contributed by atoms with Crippen LogP contribution in [0.5, 0.6) is 0 Å². The number of anilines is 1. The van der Waals surface area contributed by atoms with Crippen molar-refractivity contribution < 1.29 is 53.8 Å². The normalized spacial score (nSPS) is 20.9. The predicted octanol–water partition coefficient (Wildman–Crippen LogP) is 7.83. The molecule has 5 nitrogen and oxygen atoms in total. The Balaban J connectivity index is 1.71. The number of hydrogen-bond donors (Lipinski definition) is 0. The molecule has 2 atom stereocenters. The summed E-state index contributed by atoms with van der Waals surface area (Å²) < 4.78 is 132. The Bertz CT molecular complexity index is 1220. The standard InChI is InChI=1S/C27H27F9N2O3/c1-3-37(21-6-8-40-9-7-21)22-5-4-18(25(28,29)30)12-17(22)14-38-15(2)23(41-24(38)39)16-10-19(26(31,32)33)13-20(11-16)27(34,35)36/h4-5,10-13,15,21,23H,3,6-9,14H2,1-2H3. The van der Waals surface area contributed by atoms with Crippen LogP contribution < -0.4 is 4.90 Å². The van der Waals surface area contributed by atoms with Crippen molar-refractivity contribution in [2.24, 2.45) is 0 Å². The first-order valence-electron chi connectivity index (χ1n) is 12.8. The molecule has 0 spiro atoms. The maximum absolute atomic E-state index is 13.6. The summed E-state index contributed by atoms with van der Waals surface area (Å²) in [4.78, 5) is 15.8. The molecule has 226 valence electrons. The van der Waals surface area contributed by atoms with E-state index in [2.05, 4.69) is 0 Å². The van der Waals surface area contributed by atoms with Gasteiger partial charge in [0.2, 0.25) is 0 Å². The number of ether oxygens (including phenoxy) is 2. The number of hydrogen-bond acceptors (Lipinski definition) is 4. The van der Waals surface area contributed by atoms with E-state index in [0.29, 0.717) is 50.4 Å². The fraction of sp³-hybridized carbons (Fsp3) is 0.519. The fourth-order valence-corrected chi connectivity index (χ4v) is 5.28. The predicted molar refractivity (Wildman–Crippen MR) is 129 cm³/mol. The quantitative estimate of drug-likeness (QED) is 0.318. The molecule has 2 aromatic rings. The van der Waals surface area contributed by atoms with Gasteiger partial charge < -0.3 is 14.4 Å². The number of nitrogens with zero attached hydrogens (tertiary/aromatic N) is 2. The summed E-state index contributed by atoms with van der Waals surface area (Å²) in [6.07, 6.45) is -16.3. The van der Waals surface area contributed by atoms with Crippen LogP contribution in [0.1, 0.15) is 60.6 Å². The Morgan fingerprint density at radius 2 is 1.41 bits per heavy atom. The van der Waals surface area contributed by atoms with Crippen molar-refractivity contribution in [1.82, 2.24) is 4.90 Å². The fourth-order valence-electron chi connectivity index (χ4n) is 5.28. The monoisotopic (exact) mass is 598 g/mol. The third-order valence-electron chi connectivity index (χ3n) is 7.36. The average Bonchev–Trinajstić information content (AvgIpc) is 3.17. The molecule has 0 aliphatic carbocycles. The van der Waals surface area contributed by atoms with Gasteiger partial charge in [0.1, 0.15) is 6.10 Å². The topological polar surface area (TPSA) is 42.0 Å². The molecule has 2 aliphatic rings. The van der Waals surface area contributed by atoms with Gasteiger partial charge in [0.25, 0.3) is 0 Å². The Labute approximate surface area is 229 Å². The molecule has 0 N–H and O–H groups in total. The van der Waals surface area contributed by atoms with E-state index in [4.69, 9.17) is 9.47 Å². The summed E-state index contributed by atoms with van der Waals surface area (Å²) in [5.74, 6) is 0. The lowest BCUT2D eigenvalue weighted by Gasteiger charge is -2.37. The highest BCUT2D eigenvalue weighted by atomic mass is 19.4. The number of carbonyl (C=O) groups excluding carboxylic acids is 1. The van der Waals surface area contributed by atoms with Crippen molar-refractivity contribution in [3.8, 4) is 0 Å². The first-order valence-corrected chi connectivity index (χ1v) is 12.8. The lowest BCUT2D eigenvalue weighted by molar-refractivity contribution is -0.143. The van der Waals surface area contributed by atoms with E-state index in [1.165, 1.54) is 13.0 Å². The zero-order valence-electron chi connectivity index (χ0n) is 22.0. The molecule has 2 unspecified atom stereocenters. The SMILES string of the molecule is CCN(c1ccc(C(F)(F)F)cc1CN1C(=O)OC(c2cc(C(F)(F)F)cc(C(F)(F)F)c2)C1C)C1CCOCC1. The molecule has 4 rings (SSSR count). The maximum Gasteiger partial charge on any atom is 0.416 e. The Hall–Kier alpha value is -3.16. The van der Waals surface area contributed by atoms with Crippen molar-refractivity contribution in [1.29, 1.82) is 0 Å². The third-order valence-corrected chi connectivity index (χ3v) is 7.36. The molecule has 0 bridgehead atoms. The average molecular weight is 599 g/mol. The van der Waals surface area contributed by atoms with Crippen molar-refractivity contribution in [2.45, 2.75) is 70.0 Å². The van der Waals surface area contributed by atoms with Crippen molar-refractivity contribution in [3.63, 3.8) is 0 Å². The van der Waals surface area contributed by atoms with Crippen LogP contribution in [-0.2, 0) is 34.5 Å². The summed E-state index contributed by atoms with van der Waals surface area (Å²) >= 11 is 0. The molecule has 0 saturated carbocycles. The largest absolute Gasteiger partial charge is 0.439 e. The van der Waals surface area contributed by atoms with Crippen LogP contribution in [0, 0.1) is 0 Å². The minimum absolute atomic E-state index is 0.0345. The van der Waals surface area contributed by atoms with E-state index in [0.717, 1.165) is 17.0 Å². The number of amides is 1. The second-order valence-corrected chi connectivity index (χ2v) is 9.98. The zero-order chi connectivity index (χ0) is 30.3. The molecule has 2 aliphatic heterocycles. The van der Waals surface area contributed by atoms with Crippen LogP contribution in [0.15, 0.2) is 36.4 Å². The molecular weight excluding hydrogens is 571 g/mol. The molecule has 0 aromatic heterocycles. The van der Waals surface area contributed by atoms with E-state index in [9.17, 15) is 44.3 Å². The number of carbonyl (C=O) groups is 1. The second-order valence-electron chi connectivity index (χ2n) is 9.98. The lowest BCUT2D eigenvalue weighted by Crippen LogP contribution is -2.40. The summed E-state index contributed by atoms with van der Waals surface area (Å²) in [5, 5.41) is 0. The molecule has 1 amide bonds. The minimum Gasteiger partial charge on any atom is -0.439 e. The Morgan fingerprint density at radius 1 is 0.854 bits per heavy atom. The van der Waals surface area contributed by atoms with E-state index in [-0.39, 0.29) is 17.7 Å². The van der Waals surface area contributed by atoms with Crippen LogP contribution in [-0.4, -0.2) is 42.8 Å². The summed E-state index contributed by atoms with van der Waals surface area (Å²) in [7, 11) is 0. The summed E-state index contributed by atoms with van der Waals surface area (Å²) in [5.41, 5.74) is -4.11. The van der Waals surface area contributed by atoms with Crippen LogP contribution in [0.25, 0.3) is 0 Å². The number of benzene rings is 2. The van der Waals surface area contributed by atoms with E-state index in [1.54, 1.807) is 0 Å². The van der Waals surface area contributed by atoms with Gasteiger partial charge in [0.05, 0.1) is 29.3 Å². The maximum atomic E-state index is 13.6. The highest BCUT2D eigenvalue weighted by Crippen LogP contribution is 2.42. The number of halogens is 9. The Morgan fingerprint density at radius 3 is 1.93 bits per heavy atom. The van der Waals surface area contributed by atoms with Gasteiger partial charge in [0.15, 0.2) is 0 Å². The van der Waals surface area contributed by atoms with Crippen LogP contribution in [0.4, 0.5) is 50.0 Å². The molecule has 2 fully saturated rings. The number of rotatable bonds is 6. The van der Waals surface area contributed by atoms with Gasteiger partial charge in [0, 0.05) is 31.5 Å². The molecule has 2 aromatic carbocycles. The van der Waals surface area contributed by atoms with Gasteiger partial charge in [-0.1, -0.05) is 0 Å². The van der Waals surface area contributed by atoms with Gasteiger partial charge in [-0.2, -0.15) is 39.5 Å². The van der Waals surface area contributed by atoms with Crippen LogP contribution in [0.3, 0.4) is 0 Å². The number of cyclic esters (lactones) is 1. The summed E-state index contributed by atoms with van der Waals surface area (Å²) in [6.45, 7) is 4.12. The molecule has 2 heterocycles. The van der Waals surface area contributed by atoms with Crippen LogP contribution in [0.2, 0.25) is 0 Å². The molecular formula is C27H27F9N2O3. The van der Waals surface area contributed by atoms with Gasteiger partial charge in [-0.05, 0) is 74.2 Å². The first-order chi connectivity index (χ1) is 19.0. The number of alkyl halides is 9.